The first-order valence-electron chi connectivity index (χ1n) is 8.45. The second kappa shape index (κ2) is 7.55. The van der Waals surface area contributed by atoms with E-state index >= 15 is 0 Å². The molecule has 0 spiro atoms. The second-order valence-corrected chi connectivity index (χ2v) is 6.40. The fourth-order valence-electron chi connectivity index (χ4n) is 2.75. The Morgan fingerprint density at radius 2 is 1.86 bits per heavy atom. The lowest BCUT2D eigenvalue weighted by molar-refractivity contribution is 0.414. The van der Waals surface area contributed by atoms with Crippen molar-refractivity contribution in [2.75, 3.05) is 12.4 Å². The summed E-state index contributed by atoms with van der Waals surface area (Å²) < 4.78 is 6.96. The van der Waals surface area contributed by atoms with E-state index in [4.69, 9.17) is 21.6 Å². The van der Waals surface area contributed by atoms with Gasteiger partial charge in [0.15, 0.2) is 5.65 Å². The van der Waals surface area contributed by atoms with Gasteiger partial charge in [0.1, 0.15) is 10.9 Å². The molecular weight excluding hydrogens is 376 g/mol. The third-order valence-electron chi connectivity index (χ3n) is 4.21. The van der Waals surface area contributed by atoms with Gasteiger partial charge in [-0.25, -0.2) is 4.68 Å². The van der Waals surface area contributed by atoms with Gasteiger partial charge in [-0.3, -0.25) is 0 Å². The molecule has 0 aliphatic carbocycles. The van der Waals surface area contributed by atoms with Crippen molar-refractivity contribution < 1.29 is 4.74 Å². The van der Waals surface area contributed by atoms with Gasteiger partial charge < -0.3 is 10.1 Å². The highest BCUT2D eigenvalue weighted by molar-refractivity contribution is 6.34. The van der Waals surface area contributed by atoms with Crippen LogP contribution in [-0.2, 0) is 6.54 Å². The molecule has 138 valence electrons. The SMILES string of the molecule is COc1ccc(Cn2ncc3c(Cl)nc(Nc4ccc(C#N)cc4)nc32)cc1. The fraction of sp³-hybridized carbons (Fsp3) is 0.100. The second-order valence-electron chi connectivity index (χ2n) is 6.04. The smallest absolute Gasteiger partial charge is 0.230 e. The fourth-order valence-corrected chi connectivity index (χ4v) is 2.97. The van der Waals surface area contributed by atoms with Crippen LogP contribution in [0.3, 0.4) is 0 Å². The van der Waals surface area contributed by atoms with Crippen LogP contribution in [0, 0.1) is 11.3 Å². The Morgan fingerprint density at radius 1 is 1.11 bits per heavy atom. The van der Waals surface area contributed by atoms with Crippen molar-refractivity contribution in [3.8, 4) is 11.8 Å². The van der Waals surface area contributed by atoms with Crippen LogP contribution < -0.4 is 10.1 Å². The topological polar surface area (TPSA) is 88.6 Å². The predicted molar refractivity (Wildman–Crippen MR) is 107 cm³/mol. The molecule has 8 heteroatoms. The Labute approximate surface area is 166 Å². The number of methoxy groups -OCH3 is 1. The highest BCUT2D eigenvalue weighted by Crippen LogP contribution is 2.24. The maximum absolute atomic E-state index is 8.90. The number of fused-ring (bicyclic) bond motifs is 1. The van der Waals surface area contributed by atoms with Gasteiger partial charge in [-0.15, -0.1) is 0 Å². The molecule has 0 aliphatic heterocycles. The van der Waals surface area contributed by atoms with Crippen LogP contribution in [0.1, 0.15) is 11.1 Å². The van der Waals surface area contributed by atoms with E-state index in [1.807, 2.05) is 24.3 Å². The van der Waals surface area contributed by atoms with Crippen LogP contribution in [-0.4, -0.2) is 26.9 Å². The Balaban J connectivity index is 1.64. The Kier molecular flexibility index (Phi) is 4.79. The molecule has 28 heavy (non-hydrogen) atoms. The molecule has 7 nitrogen and oxygen atoms in total. The first kappa shape index (κ1) is 17.8. The quantitative estimate of drug-likeness (QED) is 0.515. The number of anilines is 2. The number of halogens is 1. The summed E-state index contributed by atoms with van der Waals surface area (Å²) in [6.45, 7) is 0.539. The van der Waals surface area contributed by atoms with E-state index in [9.17, 15) is 0 Å². The van der Waals surface area contributed by atoms with E-state index in [-0.39, 0.29) is 0 Å². The number of rotatable bonds is 5. The Bertz CT molecular complexity index is 1160. The first-order chi connectivity index (χ1) is 13.7. The minimum atomic E-state index is 0.321. The third kappa shape index (κ3) is 3.59. The van der Waals surface area contributed by atoms with E-state index in [2.05, 4.69) is 26.5 Å². The Morgan fingerprint density at radius 3 is 2.54 bits per heavy atom. The average molecular weight is 391 g/mol. The molecule has 0 amide bonds. The van der Waals surface area contributed by atoms with E-state index in [1.165, 1.54) is 0 Å². The molecule has 4 rings (SSSR count). The summed E-state index contributed by atoms with van der Waals surface area (Å²) in [4.78, 5) is 8.86. The highest BCUT2D eigenvalue weighted by Gasteiger charge is 2.12. The molecule has 2 aromatic carbocycles. The molecule has 0 saturated heterocycles. The van der Waals surface area contributed by atoms with Gasteiger partial charge in [0.05, 0.1) is 36.9 Å². The molecule has 0 fully saturated rings. The number of ether oxygens (including phenoxy) is 1. The van der Waals surface area contributed by atoms with Crippen molar-refractivity contribution in [3.05, 3.63) is 71.0 Å². The number of nitriles is 1. The molecule has 2 aromatic heterocycles. The van der Waals surface area contributed by atoms with E-state index in [0.717, 1.165) is 17.0 Å². The van der Waals surface area contributed by atoms with Crippen LogP contribution >= 0.6 is 11.6 Å². The van der Waals surface area contributed by atoms with Crippen LogP contribution in [0.5, 0.6) is 5.75 Å². The standard InChI is InChI=1S/C20H15ClN6O/c1-28-16-8-4-14(5-9-16)12-27-19-17(11-23-27)18(21)25-20(26-19)24-15-6-2-13(10-22)3-7-15/h2-9,11H,12H2,1H3,(H,24,25,26). The molecule has 0 atom stereocenters. The summed E-state index contributed by atoms with van der Waals surface area (Å²) in [6.07, 6.45) is 1.66. The molecule has 0 aliphatic rings. The molecule has 1 N–H and O–H groups in total. The van der Waals surface area contributed by atoms with Crippen molar-refractivity contribution >= 4 is 34.3 Å². The predicted octanol–water partition coefficient (Wildman–Crippen LogP) is 4.15. The minimum absolute atomic E-state index is 0.321. The maximum atomic E-state index is 8.90. The summed E-state index contributed by atoms with van der Waals surface area (Å²) in [6, 6.07) is 16.9. The number of hydrogen-bond acceptors (Lipinski definition) is 6. The van der Waals surface area contributed by atoms with E-state index in [0.29, 0.717) is 34.2 Å². The van der Waals surface area contributed by atoms with Crippen molar-refractivity contribution in [1.29, 1.82) is 5.26 Å². The number of nitrogens with zero attached hydrogens (tertiary/aromatic N) is 5. The molecule has 0 radical (unpaired) electrons. The van der Waals surface area contributed by atoms with Crippen LogP contribution in [0.15, 0.2) is 54.7 Å². The normalized spacial score (nSPS) is 10.6. The largest absolute Gasteiger partial charge is 0.497 e. The zero-order valence-electron chi connectivity index (χ0n) is 14.9. The van der Waals surface area contributed by atoms with Gasteiger partial charge in [-0.05, 0) is 42.0 Å². The summed E-state index contributed by atoms with van der Waals surface area (Å²) in [5.74, 6) is 1.16. The number of hydrogen-bond donors (Lipinski definition) is 1. The van der Waals surface area contributed by atoms with Crippen molar-refractivity contribution in [1.82, 2.24) is 19.7 Å². The minimum Gasteiger partial charge on any atom is -0.497 e. The zero-order valence-corrected chi connectivity index (χ0v) is 15.7. The molecule has 0 bridgehead atoms. The van der Waals surface area contributed by atoms with Crippen molar-refractivity contribution in [2.45, 2.75) is 6.54 Å². The van der Waals surface area contributed by atoms with Gasteiger partial charge >= 0.3 is 0 Å². The number of aromatic nitrogens is 4. The molecule has 0 unspecified atom stereocenters. The maximum Gasteiger partial charge on any atom is 0.230 e. The monoisotopic (exact) mass is 390 g/mol. The summed E-state index contributed by atoms with van der Waals surface area (Å²) in [5.41, 5.74) is 3.03. The van der Waals surface area contributed by atoms with Crippen LogP contribution in [0.2, 0.25) is 5.15 Å². The van der Waals surface area contributed by atoms with Gasteiger partial charge in [0.2, 0.25) is 5.95 Å². The average Bonchev–Trinajstić information content (AvgIpc) is 3.12. The zero-order chi connectivity index (χ0) is 19.5. The molecular formula is C20H15ClN6O. The van der Waals surface area contributed by atoms with Gasteiger partial charge in [-0.1, -0.05) is 23.7 Å². The number of benzene rings is 2. The summed E-state index contributed by atoms with van der Waals surface area (Å²) >= 11 is 6.33. The lowest BCUT2D eigenvalue weighted by atomic mass is 10.2. The van der Waals surface area contributed by atoms with Gasteiger partial charge in [-0.2, -0.15) is 20.3 Å². The van der Waals surface area contributed by atoms with Crippen molar-refractivity contribution in [2.24, 2.45) is 0 Å². The lowest BCUT2D eigenvalue weighted by Crippen LogP contribution is -2.05. The Hall–Kier alpha value is -3.63. The van der Waals surface area contributed by atoms with Gasteiger partial charge in [0, 0.05) is 5.69 Å². The summed E-state index contributed by atoms with van der Waals surface area (Å²) in [7, 11) is 1.64. The third-order valence-corrected chi connectivity index (χ3v) is 4.50. The van der Waals surface area contributed by atoms with Gasteiger partial charge in [0.25, 0.3) is 0 Å². The summed E-state index contributed by atoms with van der Waals surface area (Å²) in [5, 5.41) is 17.4. The molecule has 0 saturated carbocycles. The van der Waals surface area contributed by atoms with Crippen LogP contribution in [0.4, 0.5) is 11.6 Å². The van der Waals surface area contributed by atoms with Crippen LogP contribution in [0.25, 0.3) is 11.0 Å². The molecule has 2 heterocycles. The first-order valence-corrected chi connectivity index (χ1v) is 8.83. The van der Waals surface area contributed by atoms with Crippen molar-refractivity contribution in [3.63, 3.8) is 0 Å². The molecule has 4 aromatic rings. The highest BCUT2D eigenvalue weighted by atomic mass is 35.5. The number of nitrogens with one attached hydrogen (secondary N) is 1. The van der Waals surface area contributed by atoms with E-state index < -0.39 is 0 Å². The lowest BCUT2D eigenvalue weighted by Gasteiger charge is -2.08. The van der Waals surface area contributed by atoms with E-state index in [1.54, 1.807) is 42.3 Å².